The molecule has 3 amide bonds. The minimum absolute atomic E-state index is 0.0447. The molecule has 0 aliphatic carbocycles. The van der Waals surface area contributed by atoms with Gasteiger partial charge in [-0.15, -0.1) is 0 Å². The Morgan fingerprint density at radius 2 is 1.66 bits per heavy atom. The van der Waals surface area contributed by atoms with E-state index in [4.69, 9.17) is 15.9 Å². The minimum atomic E-state index is -0.472. The maximum absolute atomic E-state index is 13.6. The molecule has 9 nitrogen and oxygen atoms in total. The van der Waals surface area contributed by atoms with Crippen molar-refractivity contribution in [2.75, 3.05) is 43.1 Å². The normalized spacial score (nSPS) is 19.4. The summed E-state index contributed by atoms with van der Waals surface area (Å²) in [6, 6.07) is 12.8. The predicted octanol–water partition coefficient (Wildman–Crippen LogP) is 3.43. The van der Waals surface area contributed by atoms with Crippen LogP contribution in [0.3, 0.4) is 0 Å². The number of amides is 3. The standard InChI is InChI=1S/C29H33N5O4/c1-38-25-17-23(8-9-24(25)21(18-30)19-31)34-16-12-29(28(34)37)10-14-32(15-11-29)27(36)20-4-6-22(7-5-20)33-13-2-3-26(33)35/h4-9,17-19,30H,2-3,10-16,31H2,1H3/b21-19+,30-18?. The molecule has 0 bridgehead atoms. The number of nitrogens with two attached hydrogens (primary N) is 1. The Hall–Kier alpha value is -4.14. The third kappa shape index (κ3) is 4.42. The van der Waals surface area contributed by atoms with E-state index < -0.39 is 5.41 Å². The molecule has 3 heterocycles. The maximum atomic E-state index is 13.6. The number of hydrogen-bond donors (Lipinski definition) is 2. The molecule has 3 aliphatic rings. The number of carbonyl (C=O) groups is 3. The highest BCUT2D eigenvalue weighted by atomic mass is 16.5. The Morgan fingerprint density at radius 1 is 0.974 bits per heavy atom. The molecule has 3 N–H and O–H groups in total. The summed E-state index contributed by atoms with van der Waals surface area (Å²) in [7, 11) is 1.56. The number of rotatable bonds is 6. The van der Waals surface area contributed by atoms with Gasteiger partial charge >= 0.3 is 0 Å². The first kappa shape index (κ1) is 25.5. The Balaban J connectivity index is 1.24. The number of allylic oxidation sites excluding steroid dienone is 1. The first-order valence-electron chi connectivity index (χ1n) is 13.0. The van der Waals surface area contributed by atoms with Gasteiger partial charge < -0.3 is 30.6 Å². The van der Waals surface area contributed by atoms with E-state index in [1.165, 1.54) is 12.4 Å². The molecule has 2 aromatic carbocycles. The molecule has 0 atom stereocenters. The number of carbonyl (C=O) groups excluding carboxylic acids is 3. The van der Waals surface area contributed by atoms with Crippen LogP contribution in [-0.2, 0) is 9.59 Å². The van der Waals surface area contributed by atoms with Crippen molar-refractivity contribution in [1.82, 2.24) is 4.90 Å². The molecule has 3 fully saturated rings. The van der Waals surface area contributed by atoms with E-state index in [2.05, 4.69) is 0 Å². The second-order valence-corrected chi connectivity index (χ2v) is 10.1. The van der Waals surface area contributed by atoms with Crippen molar-refractivity contribution in [3.63, 3.8) is 0 Å². The van der Waals surface area contributed by atoms with Crippen LogP contribution in [0, 0.1) is 10.8 Å². The van der Waals surface area contributed by atoms with Gasteiger partial charge in [0.1, 0.15) is 5.75 Å². The summed E-state index contributed by atoms with van der Waals surface area (Å²) in [5, 5.41) is 7.57. The highest BCUT2D eigenvalue weighted by molar-refractivity contribution is 6.09. The quantitative estimate of drug-likeness (QED) is 0.571. The molecule has 0 radical (unpaired) electrons. The zero-order chi connectivity index (χ0) is 26.9. The van der Waals surface area contributed by atoms with Gasteiger partial charge in [0.25, 0.3) is 5.91 Å². The summed E-state index contributed by atoms with van der Waals surface area (Å²) in [6.07, 6.45) is 5.95. The molecular formula is C29H33N5O4. The van der Waals surface area contributed by atoms with E-state index in [9.17, 15) is 14.4 Å². The minimum Gasteiger partial charge on any atom is -0.496 e. The number of likely N-dealkylation sites (tertiary alicyclic amines) is 1. The number of hydrogen-bond acceptors (Lipinski definition) is 6. The van der Waals surface area contributed by atoms with E-state index in [-0.39, 0.29) is 17.7 Å². The van der Waals surface area contributed by atoms with Crippen LogP contribution in [0.1, 0.15) is 48.0 Å². The summed E-state index contributed by atoms with van der Waals surface area (Å²) >= 11 is 0. The van der Waals surface area contributed by atoms with E-state index in [0.29, 0.717) is 61.3 Å². The van der Waals surface area contributed by atoms with Crippen molar-refractivity contribution in [1.29, 1.82) is 5.41 Å². The zero-order valence-corrected chi connectivity index (χ0v) is 21.6. The molecular weight excluding hydrogens is 482 g/mol. The van der Waals surface area contributed by atoms with E-state index in [1.54, 1.807) is 29.0 Å². The molecule has 0 saturated carbocycles. The Morgan fingerprint density at radius 3 is 2.26 bits per heavy atom. The molecule has 3 aliphatic heterocycles. The fourth-order valence-corrected chi connectivity index (χ4v) is 5.86. The molecule has 1 spiro atoms. The summed E-state index contributed by atoms with van der Waals surface area (Å²) in [5.41, 5.74) is 8.59. The van der Waals surface area contributed by atoms with Gasteiger partial charge in [-0.05, 0) is 62.1 Å². The fourth-order valence-electron chi connectivity index (χ4n) is 5.86. The molecule has 198 valence electrons. The van der Waals surface area contributed by atoms with Gasteiger partial charge in [-0.1, -0.05) is 0 Å². The Labute approximate surface area is 222 Å². The second kappa shape index (κ2) is 10.3. The number of benzene rings is 2. The highest BCUT2D eigenvalue weighted by Crippen LogP contribution is 2.44. The lowest BCUT2D eigenvalue weighted by atomic mass is 9.77. The molecule has 5 rings (SSSR count). The van der Waals surface area contributed by atoms with Crippen LogP contribution in [0.25, 0.3) is 5.57 Å². The molecule has 0 unspecified atom stereocenters. The van der Waals surface area contributed by atoms with Crippen molar-refractivity contribution in [3.05, 3.63) is 59.8 Å². The SMILES string of the molecule is COc1cc(N2CCC3(CCN(C(=O)c4ccc(N5CCCC5=O)cc4)CC3)C2=O)ccc1/C(C=N)=C/N. The molecule has 3 saturated heterocycles. The summed E-state index contributed by atoms with van der Waals surface area (Å²) in [5.74, 6) is 0.716. The third-order valence-electron chi connectivity index (χ3n) is 8.16. The van der Waals surface area contributed by atoms with Gasteiger partial charge in [0, 0.05) is 79.2 Å². The molecule has 2 aromatic rings. The molecule has 0 aromatic heterocycles. The summed E-state index contributed by atoms with van der Waals surface area (Å²) in [4.78, 5) is 44.2. The van der Waals surface area contributed by atoms with Crippen molar-refractivity contribution in [2.24, 2.45) is 11.1 Å². The summed E-state index contributed by atoms with van der Waals surface area (Å²) in [6.45, 7) is 2.38. The lowest BCUT2D eigenvalue weighted by Gasteiger charge is -2.38. The maximum Gasteiger partial charge on any atom is 0.253 e. The van der Waals surface area contributed by atoms with Gasteiger partial charge in [-0.3, -0.25) is 14.4 Å². The Bertz CT molecular complexity index is 1290. The van der Waals surface area contributed by atoms with Gasteiger partial charge in [0.15, 0.2) is 0 Å². The van der Waals surface area contributed by atoms with E-state index in [1.807, 2.05) is 35.2 Å². The van der Waals surface area contributed by atoms with Gasteiger partial charge in [-0.25, -0.2) is 0 Å². The van der Waals surface area contributed by atoms with Crippen LogP contribution in [-0.4, -0.2) is 62.1 Å². The van der Waals surface area contributed by atoms with Crippen LogP contribution in [0.5, 0.6) is 5.75 Å². The van der Waals surface area contributed by atoms with Crippen LogP contribution in [0.15, 0.2) is 48.7 Å². The van der Waals surface area contributed by atoms with E-state index >= 15 is 0 Å². The van der Waals surface area contributed by atoms with Crippen molar-refractivity contribution in [3.8, 4) is 5.75 Å². The van der Waals surface area contributed by atoms with E-state index in [0.717, 1.165) is 30.8 Å². The predicted molar refractivity (Wildman–Crippen MR) is 147 cm³/mol. The lowest BCUT2D eigenvalue weighted by Crippen LogP contribution is -2.46. The van der Waals surface area contributed by atoms with Crippen LogP contribution in [0.2, 0.25) is 0 Å². The van der Waals surface area contributed by atoms with Gasteiger partial charge in [0.05, 0.1) is 12.5 Å². The van der Waals surface area contributed by atoms with Crippen LogP contribution in [0.4, 0.5) is 11.4 Å². The number of nitrogens with one attached hydrogen (secondary N) is 1. The van der Waals surface area contributed by atoms with Gasteiger partial charge in [0.2, 0.25) is 11.8 Å². The Kier molecular flexibility index (Phi) is 6.93. The number of nitrogens with zero attached hydrogens (tertiary/aromatic N) is 3. The number of ether oxygens (including phenoxy) is 1. The fraction of sp³-hybridized carbons (Fsp3) is 0.379. The molecule has 9 heteroatoms. The monoisotopic (exact) mass is 515 g/mol. The van der Waals surface area contributed by atoms with Crippen molar-refractivity contribution in [2.45, 2.75) is 32.1 Å². The first-order chi connectivity index (χ1) is 18.4. The van der Waals surface area contributed by atoms with Crippen molar-refractivity contribution >= 4 is 40.9 Å². The molecule has 38 heavy (non-hydrogen) atoms. The smallest absolute Gasteiger partial charge is 0.253 e. The average molecular weight is 516 g/mol. The topological polar surface area (TPSA) is 120 Å². The van der Waals surface area contributed by atoms with Crippen molar-refractivity contribution < 1.29 is 19.1 Å². The largest absolute Gasteiger partial charge is 0.496 e. The summed E-state index contributed by atoms with van der Waals surface area (Å²) < 4.78 is 5.53. The average Bonchev–Trinajstić information content (AvgIpc) is 3.52. The van der Waals surface area contributed by atoms with Crippen LogP contribution < -0.4 is 20.3 Å². The zero-order valence-electron chi connectivity index (χ0n) is 21.6. The van der Waals surface area contributed by atoms with Crippen LogP contribution >= 0.6 is 0 Å². The highest BCUT2D eigenvalue weighted by Gasteiger charge is 2.49. The van der Waals surface area contributed by atoms with Gasteiger partial charge in [-0.2, -0.15) is 0 Å². The second-order valence-electron chi connectivity index (χ2n) is 10.1. The third-order valence-corrected chi connectivity index (χ3v) is 8.16. The first-order valence-corrected chi connectivity index (χ1v) is 13.0. The lowest BCUT2D eigenvalue weighted by molar-refractivity contribution is -0.127. The number of methoxy groups -OCH3 is 1. The number of piperidine rings is 1. The number of anilines is 2.